The van der Waals surface area contributed by atoms with Gasteiger partial charge in [-0.2, -0.15) is 5.10 Å². The van der Waals surface area contributed by atoms with E-state index in [1.165, 1.54) is 30.2 Å². The Hall–Kier alpha value is -3.43. The number of rotatable bonds is 8. The van der Waals surface area contributed by atoms with Gasteiger partial charge in [-0.3, -0.25) is 4.79 Å². The zero-order valence-electron chi connectivity index (χ0n) is 22.5. The second-order valence-corrected chi connectivity index (χ2v) is 13.7. The van der Waals surface area contributed by atoms with Gasteiger partial charge in [0.1, 0.15) is 9.84 Å². The van der Waals surface area contributed by atoms with E-state index in [-0.39, 0.29) is 11.4 Å². The van der Waals surface area contributed by atoms with Gasteiger partial charge < -0.3 is 15.2 Å². The van der Waals surface area contributed by atoms with Crippen LogP contribution >= 0.6 is 0 Å². The molecule has 3 heterocycles. The summed E-state index contributed by atoms with van der Waals surface area (Å²) in [6.07, 6.45) is 5.83. The highest BCUT2D eigenvalue weighted by Crippen LogP contribution is 2.46. The van der Waals surface area contributed by atoms with Gasteiger partial charge in [0.15, 0.2) is 5.69 Å². The Labute approximate surface area is 229 Å². The Morgan fingerprint density at radius 2 is 1.74 bits per heavy atom. The molecule has 2 N–H and O–H groups in total. The number of nitrogens with two attached hydrogens (primary N) is 1. The van der Waals surface area contributed by atoms with E-state index < -0.39 is 15.7 Å². The van der Waals surface area contributed by atoms with Crippen LogP contribution in [0, 0.1) is 18.8 Å². The van der Waals surface area contributed by atoms with Gasteiger partial charge in [0.05, 0.1) is 11.4 Å². The second-order valence-electron chi connectivity index (χ2n) is 11.5. The third-order valence-electron chi connectivity index (χ3n) is 8.55. The third-order valence-corrected chi connectivity index (χ3v) is 9.47. The molecule has 2 fully saturated rings. The third kappa shape index (κ3) is 5.38. The molecule has 2 aromatic carbocycles. The second kappa shape index (κ2) is 9.95. The van der Waals surface area contributed by atoms with Crippen LogP contribution in [0.1, 0.15) is 46.1 Å². The molecule has 0 spiro atoms. The van der Waals surface area contributed by atoms with Crippen molar-refractivity contribution in [1.82, 2.24) is 19.2 Å². The maximum absolute atomic E-state index is 11.5. The number of aromatic nitrogens is 3. The van der Waals surface area contributed by atoms with Crippen molar-refractivity contribution in [2.75, 3.05) is 31.6 Å². The summed E-state index contributed by atoms with van der Waals surface area (Å²) in [6, 6.07) is 19.1. The zero-order valence-corrected chi connectivity index (χ0v) is 23.3. The lowest BCUT2D eigenvalue weighted by atomic mass is 9.95. The topological polar surface area (TPSA) is 103 Å². The van der Waals surface area contributed by atoms with Gasteiger partial charge in [0, 0.05) is 55.2 Å². The van der Waals surface area contributed by atoms with Crippen LogP contribution in [-0.4, -0.2) is 65.2 Å². The molecule has 204 valence electrons. The Balaban J connectivity index is 1.10. The van der Waals surface area contributed by atoms with E-state index in [0.717, 1.165) is 41.9 Å². The standard InChI is InChI=1S/C30H35N5O3S/c1-20-13-28(30(31)36)32-35(20)27-7-8-29-23(16-27)9-10-34(29)17-21-3-5-22(6-4-21)24-14-25-18-33(19-26(25)15-24)11-12-39(2,37)38/h3-10,13,16,24-26H,11-12,14-15,17-19H2,1-2H3,(H2,31,36)/t24?,25-,26+. The fraction of sp³-hybridized carbons (Fsp3) is 0.400. The first-order valence-electron chi connectivity index (χ1n) is 13.6. The molecule has 0 bridgehead atoms. The van der Waals surface area contributed by atoms with Crippen molar-refractivity contribution in [2.24, 2.45) is 17.6 Å². The van der Waals surface area contributed by atoms with E-state index in [1.807, 2.05) is 13.0 Å². The Bertz CT molecular complexity index is 1620. The van der Waals surface area contributed by atoms with E-state index in [9.17, 15) is 13.2 Å². The van der Waals surface area contributed by atoms with E-state index >= 15 is 0 Å². The number of primary amides is 1. The fourth-order valence-corrected chi connectivity index (χ4v) is 7.14. The molecular weight excluding hydrogens is 510 g/mol. The molecule has 1 amide bonds. The number of carbonyl (C=O) groups excluding carboxylic acids is 1. The molecule has 6 rings (SSSR count). The van der Waals surface area contributed by atoms with Crippen LogP contribution in [0.3, 0.4) is 0 Å². The van der Waals surface area contributed by atoms with Gasteiger partial charge in [0.2, 0.25) is 0 Å². The molecular formula is C30H35N5O3S. The van der Waals surface area contributed by atoms with Gasteiger partial charge in [0.25, 0.3) is 5.91 Å². The largest absolute Gasteiger partial charge is 0.364 e. The molecule has 1 saturated heterocycles. The van der Waals surface area contributed by atoms with Crippen LogP contribution in [0.25, 0.3) is 16.6 Å². The lowest BCUT2D eigenvalue weighted by molar-refractivity contribution is 0.0995. The average molecular weight is 546 g/mol. The number of amides is 1. The van der Waals surface area contributed by atoms with Crippen molar-refractivity contribution in [2.45, 2.75) is 32.2 Å². The molecule has 3 atom stereocenters. The summed E-state index contributed by atoms with van der Waals surface area (Å²) < 4.78 is 27.0. The van der Waals surface area contributed by atoms with E-state index in [0.29, 0.717) is 24.3 Å². The minimum absolute atomic E-state index is 0.261. The number of fused-ring (bicyclic) bond motifs is 2. The molecule has 1 aliphatic carbocycles. The highest BCUT2D eigenvalue weighted by molar-refractivity contribution is 7.90. The van der Waals surface area contributed by atoms with E-state index in [4.69, 9.17) is 5.73 Å². The molecule has 9 heteroatoms. The summed E-state index contributed by atoms with van der Waals surface area (Å²) in [4.78, 5) is 13.9. The Kier molecular flexibility index (Phi) is 6.59. The summed E-state index contributed by atoms with van der Waals surface area (Å²) in [6.45, 7) is 5.43. The first-order valence-corrected chi connectivity index (χ1v) is 15.6. The minimum Gasteiger partial charge on any atom is -0.364 e. The van der Waals surface area contributed by atoms with Crippen LogP contribution in [0.2, 0.25) is 0 Å². The summed E-state index contributed by atoms with van der Waals surface area (Å²) >= 11 is 0. The van der Waals surface area contributed by atoms with Crippen LogP contribution in [0.5, 0.6) is 0 Å². The molecule has 1 aliphatic heterocycles. The Morgan fingerprint density at radius 1 is 1.03 bits per heavy atom. The number of sulfone groups is 1. The van der Waals surface area contributed by atoms with Crippen LogP contribution in [-0.2, 0) is 16.4 Å². The molecule has 8 nitrogen and oxygen atoms in total. The summed E-state index contributed by atoms with van der Waals surface area (Å²) in [5.74, 6) is 1.69. The maximum Gasteiger partial charge on any atom is 0.269 e. The van der Waals surface area contributed by atoms with E-state index in [1.54, 1.807) is 10.7 Å². The van der Waals surface area contributed by atoms with Crippen molar-refractivity contribution in [3.05, 3.63) is 83.3 Å². The van der Waals surface area contributed by atoms with Crippen molar-refractivity contribution >= 4 is 26.6 Å². The smallest absolute Gasteiger partial charge is 0.269 e. The number of carbonyl (C=O) groups is 1. The van der Waals surface area contributed by atoms with Gasteiger partial charge >= 0.3 is 0 Å². The molecule has 2 aromatic heterocycles. The average Bonchev–Trinajstić information content (AvgIpc) is 3.65. The zero-order chi connectivity index (χ0) is 27.3. The molecule has 39 heavy (non-hydrogen) atoms. The number of nitrogens with zero attached hydrogens (tertiary/aromatic N) is 4. The predicted octanol–water partition coefficient (Wildman–Crippen LogP) is 3.75. The maximum atomic E-state index is 11.5. The van der Waals surface area contributed by atoms with Crippen molar-refractivity contribution in [3.63, 3.8) is 0 Å². The monoisotopic (exact) mass is 545 g/mol. The number of hydrogen-bond donors (Lipinski definition) is 1. The highest BCUT2D eigenvalue weighted by Gasteiger charge is 2.41. The highest BCUT2D eigenvalue weighted by atomic mass is 32.2. The number of hydrogen-bond acceptors (Lipinski definition) is 5. The van der Waals surface area contributed by atoms with Gasteiger partial charge in [-0.25, -0.2) is 13.1 Å². The predicted molar refractivity (Wildman–Crippen MR) is 153 cm³/mol. The number of benzene rings is 2. The SMILES string of the molecule is Cc1cc(C(N)=O)nn1-c1ccc2c(ccn2Cc2ccc(C3C[C@@H]4CN(CCS(C)(=O)=O)C[C@@H]4C3)cc2)c1. The molecule has 2 aliphatic rings. The lowest BCUT2D eigenvalue weighted by Gasteiger charge is -2.19. The van der Waals surface area contributed by atoms with Gasteiger partial charge in [-0.15, -0.1) is 0 Å². The quantitative estimate of drug-likeness (QED) is 0.363. The van der Waals surface area contributed by atoms with Gasteiger partial charge in [-0.1, -0.05) is 24.3 Å². The number of likely N-dealkylation sites (tertiary alicyclic amines) is 1. The van der Waals surface area contributed by atoms with Crippen LogP contribution in [0.15, 0.2) is 60.8 Å². The summed E-state index contributed by atoms with van der Waals surface area (Å²) in [7, 11) is -2.90. The van der Waals surface area contributed by atoms with Crippen molar-refractivity contribution < 1.29 is 13.2 Å². The van der Waals surface area contributed by atoms with E-state index in [2.05, 4.69) is 63.2 Å². The van der Waals surface area contributed by atoms with Crippen LogP contribution < -0.4 is 5.73 Å². The van der Waals surface area contributed by atoms with Gasteiger partial charge in [-0.05, 0) is 79.0 Å². The normalized spacial score (nSPS) is 21.5. The molecule has 1 unspecified atom stereocenters. The molecule has 0 radical (unpaired) electrons. The fourth-order valence-electron chi connectivity index (χ4n) is 6.55. The van der Waals surface area contributed by atoms with Crippen LogP contribution in [0.4, 0.5) is 0 Å². The molecule has 1 saturated carbocycles. The van der Waals surface area contributed by atoms with Crippen molar-refractivity contribution in [3.8, 4) is 5.69 Å². The Morgan fingerprint density at radius 3 is 2.38 bits per heavy atom. The number of aryl methyl sites for hydroxylation is 1. The lowest BCUT2D eigenvalue weighted by Crippen LogP contribution is -2.28. The summed E-state index contributed by atoms with van der Waals surface area (Å²) in [5, 5.41) is 5.47. The van der Waals surface area contributed by atoms with Crippen molar-refractivity contribution in [1.29, 1.82) is 0 Å². The molecule has 4 aromatic rings. The first kappa shape index (κ1) is 25.8. The minimum atomic E-state index is -2.90. The first-order chi connectivity index (χ1) is 18.6. The summed E-state index contributed by atoms with van der Waals surface area (Å²) in [5.41, 5.74) is 11.2.